The van der Waals surface area contributed by atoms with Gasteiger partial charge >= 0.3 is 0 Å². The van der Waals surface area contributed by atoms with Gasteiger partial charge in [0.15, 0.2) is 0 Å². The van der Waals surface area contributed by atoms with Crippen molar-refractivity contribution < 1.29 is 5.11 Å². The molecule has 0 amide bonds. The van der Waals surface area contributed by atoms with E-state index in [4.69, 9.17) is 0 Å². The molecule has 11 heavy (non-hydrogen) atoms. The first-order valence-corrected chi connectivity index (χ1v) is 4.90. The number of aliphatic hydroxyl groups is 1. The van der Waals surface area contributed by atoms with E-state index in [-0.39, 0.29) is 6.10 Å². The lowest BCUT2D eigenvalue weighted by molar-refractivity contribution is 0.107. The minimum absolute atomic E-state index is 0.0788. The summed E-state index contributed by atoms with van der Waals surface area (Å²) in [6.45, 7) is 10.3. The first-order chi connectivity index (χ1) is 5.22. The molecule has 0 saturated heterocycles. The summed E-state index contributed by atoms with van der Waals surface area (Å²) in [6.07, 6.45) is 3.14. The van der Waals surface area contributed by atoms with Crippen molar-refractivity contribution in [3.05, 3.63) is 0 Å². The Labute approximate surface area is 71.8 Å². The van der Waals surface area contributed by atoms with Crippen LogP contribution in [0.5, 0.6) is 0 Å². The summed E-state index contributed by atoms with van der Waals surface area (Å²) in [4.78, 5) is 0. The third kappa shape index (κ3) is 7.86. The molecular formula is C10H24O. The van der Waals surface area contributed by atoms with Crippen molar-refractivity contribution in [2.24, 2.45) is 5.92 Å². The van der Waals surface area contributed by atoms with Gasteiger partial charge in [-0.1, -0.05) is 41.0 Å². The molecule has 0 aliphatic rings. The summed E-state index contributed by atoms with van der Waals surface area (Å²) >= 11 is 0. The molecule has 1 nitrogen and oxygen atoms in total. The molecule has 1 N–H and O–H groups in total. The molecule has 0 rings (SSSR count). The van der Waals surface area contributed by atoms with Crippen LogP contribution in [0.3, 0.4) is 0 Å². The highest BCUT2D eigenvalue weighted by Gasteiger charge is 2.09. The first-order valence-electron chi connectivity index (χ1n) is 4.90. The van der Waals surface area contributed by atoms with Crippen molar-refractivity contribution in [1.82, 2.24) is 0 Å². The fourth-order valence-electron chi connectivity index (χ4n) is 1.05. The van der Waals surface area contributed by atoms with Crippen LogP contribution in [-0.4, -0.2) is 11.2 Å². The minimum atomic E-state index is -0.0788. The standard InChI is InChI=1S/C8H18O.C2H6/c1-4-6-7(3)8(9)5-2;1-2/h7-9H,4-6H2,1-3H3;1-2H3. The molecule has 0 heterocycles. The van der Waals surface area contributed by atoms with Gasteiger partial charge in [-0.3, -0.25) is 0 Å². The lowest BCUT2D eigenvalue weighted by atomic mass is 9.98. The molecule has 0 bridgehead atoms. The number of hydrogen-bond donors (Lipinski definition) is 1. The maximum atomic E-state index is 9.26. The third-order valence-electron chi connectivity index (χ3n) is 1.82. The van der Waals surface area contributed by atoms with Crippen molar-refractivity contribution in [2.45, 2.75) is 60.0 Å². The van der Waals surface area contributed by atoms with Crippen LogP contribution >= 0.6 is 0 Å². The van der Waals surface area contributed by atoms with Gasteiger partial charge in [-0.2, -0.15) is 0 Å². The second-order valence-electron chi connectivity index (χ2n) is 2.74. The van der Waals surface area contributed by atoms with Gasteiger partial charge in [0.1, 0.15) is 0 Å². The van der Waals surface area contributed by atoms with Crippen molar-refractivity contribution in [1.29, 1.82) is 0 Å². The SMILES string of the molecule is CC.CCCC(C)C(O)CC. The van der Waals surface area contributed by atoms with Crippen LogP contribution in [0.2, 0.25) is 0 Å². The van der Waals surface area contributed by atoms with Crippen LogP contribution in [0.1, 0.15) is 53.9 Å². The molecule has 0 spiro atoms. The lowest BCUT2D eigenvalue weighted by Gasteiger charge is -2.15. The molecule has 70 valence electrons. The molecular weight excluding hydrogens is 136 g/mol. The summed E-state index contributed by atoms with van der Waals surface area (Å²) in [5.74, 6) is 0.486. The zero-order chi connectivity index (χ0) is 9.28. The molecule has 0 aromatic carbocycles. The molecule has 0 saturated carbocycles. The van der Waals surface area contributed by atoms with Gasteiger partial charge in [0, 0.05) is 0 Å². The van der Waals surface area contributed by atoms with Gasteiger partial charge in [-0.05, 0) is 18.8 Å². The Bertz CT molecular complexity index is 61.9. The van der Waals surface area contributed by atoms with Crippen LogP contribution in [-0.2, 0) is 0 Å². The van der Waals surface area contributed by atoms with Gasteiger partial charge in [0.05, 0.1) is 6.10 Å². The highest BCUT2D eigenvalue weighted by atomic mass is 16.3. The summed E-state index contributed by atoms with van der Waals surface area (Å²) in [7, 11) is 0. The van der Waals surface area contributed by atoms with E-state index in [9.17, 15) is 5.11 Å². The molecule has 0 radical (unpaired) electrons. The van der Waals surface area contributed by atoms with Crippen LogP contribution in [0.25, 0.3) is 0 Å². The molecule has 2 atom stereocenters. The summed E-state index contributed by atoms with van der Waals surface area (Å²) in [6, 6.07) is 0. The number of aliphatic hydroxyl groups excluding tert-OH is 1. The average molecular weight is 160 g/mol. The van der Waals surface area contributed by atoms with Gasteiger partial charge in [0.25, 0.3) is 0 Å². The Morgan fingerprint density at radius 3 is 1.91 bits per heavy atom. The van der Waals surface area contributed by atoms with Crippen LogP contribution in [0.15, 0.2) is 0 Å². The molecule has 0 aliphatic carbocycles. The second kappa shape index (κ2) is 9.96. The Morgan fingerprint density at radius 1 is 1.18 bits per heavy atom. The molecule has 0 aliphatic heterocycles. The van der Waals surface area contributed by atoms with E-state index < -0.39 is 0 Å². The van der Waals surface area contributed by atoms with Crippen molar-refractivity contribution in [2.75, 3.05) is 0 Å². The molecule has 2 unspecified atom stereocenters. The predicted octanol–water partition coefficient (Wildman–Crippen LogP) is 3.22. The smallest absolute Gasteiger partial charge is 0.0563 e. The van der Waals surface area contributed by atoms with Crippen LogP contribution < -0.4 is 0 Å². The lowest BCUT2D eigenvalue weighted by Crippen LogP contribution is -2.15. The quantitative estimate of drug-likeness (QED) is 0.669. The maximum absolute atomic E-state index is 9.26. The van der Waals surface area contributed by atoms with E-state index in [1.807, 2.05) is 20.8 Å². The van der Waals surface area contributed by atoms with Gasteiger partial charge in [-0.25, -0.2) is 0 Å². The first kappa shape index (κ1) is 13.5. The third-order valence-corrected chi connectivity index (χ3v) is 1.82. The fraction of sp³-hybridized carbons (Fsp3) is 1.00. The van der Waals surface area contributed by atoms with Gasteiger partial charge < -0.3 is 5.11 Å². The van der Waals surface area contributed by atoms with E-state index in [0.717, 1.165) is 12.8 Å². The normalized spacial score (nSPS) is 14.7. The largest absolute Gasteiger partial charge is 0.393 e. The Balaban J connectivity index is 0. The Hall–Kier alpha value is -0.0400. The topological polar surface area (TPSA) is 20.2 Å². The molecule has 1 heteroatoms. The van der Waals surface area contributed by atoms with E-state index in [1.54, 1.807) is 0 Å². The fourth-order valence-corrected chi connectivity index (χ4v) is 1.05. The van der Waals surface area contributed by atoms with Gasteiger partial charge in [0.2, 0.25) is 0 Å². The van der Waals surface area contributed by atoms with Gasteiger partial charge in [-0.15, -0.1) is 0 Å². The molecule has 0 aromatic rings. The Kier molecular flexibility index (Phi) is 12.3. The van der Waals surface area contributed by atoms with E-state index in [0.29, 0.717) is 5.92 Å². The van der Waals surface area contributed by atoms with E-state index in [2.05, 4.69) is 13.8 Å². The summed E-state index contributed by atoms with van der Waals surface area (Å²) in [5, 5.41) is 9.26. The summed E-state index contributed by atoms with van der Waals surface area (Å²) in [5.41, 5.74) is 0. The second-order valence-corrected chi connectivity index (χ2v) is 2.74. The van der Waals surface area contributed by atoms with Crippen molar-refractivity contribution in [3.63, 3.8) is 0 Å². The highest BCUT2D eigenvalue weighted by Crippen LogP contribution is 2.12. The van der Waals surface area contributed by atoms with Crippen LogP contribution in [0.4, 0.5) is 0 Å². The van der Waals surface area contributed by atoms with Crippen LogP contribution in [0, 0.1) is 5.92 Å². The van der Waals surface area contributed by atoms with E-state index >= 15 is 0 Å². The predicted molar refractivity (Wildman–Crippen MR) is 51.7 cm³/mol. The van der Waals surface area contributed by atoms with E-state index in [1.165, 1.54) is 6.42 Å². The highest BCUT2D eigenvalue weighted by molar-refractivity contribution is 4.60. The molecule has 0 aromatic heterocycles. The Morgan fingerprint density at radius 2 is 1.64 bits per heavy atom. The number of rotatable bonds is 4. The van der Waals surface area contributed by atoms with Crippen molar-refractivity contribution in [3.8, 4) is 0 Å². The zero-order valence-electron chi connectivity index (χ0n) is 8.72. The minimum Gasteiger partial charge on any atom is -0.393 e. The average Bonchev–Trinajstić information content (AvgIpc) is 2.07. The number of hydrogen-bond acceptors (Lipinski definition) is 1. The zero-order valence-corrected chi connectivity index (χ0v) is 8.72. The van der Waals surface area contributed by atoms with Crippen molar-refractivity contribution >= 4 is 0 Å². The summed E-state index contributed by atoms with van der Waals surface area (Å²) < 4.78 is 0. The molecule has 0 fully saturated rings. The monoisotopic (exact) mass is 160 g/mol. The maximum Gasteiger partial charge on any atom is 0.0563 e.